The van der Waals surface area contributed by atoms with Crippen LogP contribution < -0.4 is 14.5 Å². The molecule has 0 unspecified atom stereocenters. The summed E-state index contributed by atoms with van der Waals surface area (Å²) >= 11 is 0. The van der Waals surface area contributed by atoms with Crippen molar-refractivity contribution in [1.82, 2.24) is 0 Å². The van der Waals surface area contributed by atoms with Gasteiger partial charge in [-0.25, -0.2) is 4.90 Å². The Morgan fingerprint density at radius 3 is 2.53 bits per heavy atom. The zero-order chi connectivity index (χ0) is 26.6. The highest BCUT2D eigenvalue weighted by atomic mass is 16.5. The Morgan fingerprint density at radius 1 is 0.947 bits per heavy atom. The van der Waals surface area contributed by atoms with Crippen molar-refractivity contribution in [2.45, 2.75) is 26.7 Å². The van der Waals surface area contributed by atoms with E-state index in [1.165, 1.54) is 4.90 Å². The Labute approximate surface area is 220 Å². The molecule has 1 aliphatic carbocycles. The van der Waals surface area contributed by atoms with Crippen molar-refractivity contribution in [2.75, 3.05) is 16.3 Å². The minimum Gasteiger partial charge on any atom is -0.426 e. The van der Waals surface area contributed by atoms with Crippen LogP contribution in [0.1, 0.15) is 25.3 Å². The summed E-state index contributed by atoms with van der Waals surface area (Å²) in [5, 5.41) is 1.99. The van der Waals surface area contributed by atoms with Gasteiger partial charge in [-0.15, -0.1) is 0 Å². The van der Waals surface area contributed by atoms with Gasteiger partial charge in [0.1, 0.15) is 5.75 Å². The fourth-order valence-electron chi connectivity index (χ4n) is 6.07. The van der Waals surface area contributed by atoms with E-state index in [1.807, 2.05) is 61.5 Å². The second-order valence-corrected chi connectivity index (χ2v) is 10.4. The number of fused-ring (bicyclic) bond motifs is 2. The molecule has 2 saturated heterocycles. The van der Waals surface area contributed by atoms with Gasteiger partial charge in [-0.05, 0) is 54.5 Å². The van der Waals surface area contributed by atoms with Crippen LogP contribution in [0.2, 0.25) is 0 Å². The average molecular weight is 509 g/mol. The molecular formula is C31H28N2O5. The van der Waals surface area contributed by atoms with E-state index in [-0.39, 0.29) is 48.4 Å². The highest BCUT2D eigenvalue weighted by Gasteiger charge is 2.50. The van der Waals surface area contributed by atoms with E-state index in [9.17, 15) is 19.2 Å². The van der Waals surface area contributed by atoms with Gasteiger partial charge in [-0.1, -0.05) is 55.5 Å². The third kappa shape index (κ3) is 3.90. The van der Waals surface area contributed by atoms with Crippen LogP contribution in [0.5, 0.6) is 5.75 Å². The molecule has 2 fully saturated rings. The fourth-order valence-corrected chi connectivity index (χ4v) is 6.07. The van der Waals surface area contributed by atoms with Gasteiger partial charge in [0.15, 0.2) is 0 Å². The van der Waals surface area contributed by atoms with Crippen LogP contribution in [-0.4, -0.2) is 30.2 Å². The topological polar surface area (TPSA) is 84.0 Å². The Bertz CT molecular complexity index is 1520. The third-order valence-electron chi connectivity index (χ3n) is 8.02. The van der Waals surface area contributed by atoms with Crippen LogP contribution in [0.25, 0.3) is 10.8 Å². The molecule has 3 amide bonds. The monoisotopic (exact) mass is 508 g/mol. The minimum absolute atomic E-state index is 0.0123. The maximum Gasteiger partial charge on any atom is 0.316 e. The number of imide groups is 1. The van der Waals surface area contributed by atoms with Crippen LogP contribution in [-0.2, 0) is 19.2 Å². The third-order valence-corrected chi connectivity index (χ3v) is 8.02. The SMILES string of the molecule is Cc1cc(OC(=O)[C@@H]2CC(=O)N(c3cccc4ccccc34)C2)ccc1N1C(=O)[C@H]2[C@H](C)C=CC[C@H]2C1=O. The number of hydrogen-bond acceptors (Lipinski definition) is 5. The van der Waals surface area contributed by atoms with E-state index >= 15 is 0 Å². The maximum absolute atomic E-state index is 13.2. The van der Waals surface area contributed by atoms with E-state index < -0.39 is 11.9 Å². The second kappa shape index (κ2) is 9.24. The van der Waals surface area contributed by atoms with Gasteiger partial charge in [-0.3, -0.25) is 19.2 Å². The summed E-state index contributed by atoms with van der Waals surface area (Å²) in [7, 11) is 0. The lowest BCUT2D eigenvalue weighted by Crippen LogP contribution is -2.32. The van der Waals surface area contributed by atoms with Gasteiger partial charge in [0.25, 0.3) is 0 Å². The molecule has 0 saturated carbocycles. The Balaban J connectivity index is 1.17. The molecular weight excluding hydrogens is 480 g/mol. The number of rotatable bonds is 4. The van der Waals surface area contributed by atoms with E-state index in [2.05, 4.69) is 0 Å². The number of aryl methyl sites for hydroxylation is 1. The number of esters is 1. The zero-order valence-corrected chi connectivity index (χ0v) is 21.3. The molecule has 192 valence electrons. The zero-order valence-electron chi connectivity index (χ0n) is 21.3. The first-order chi connectivity index (χ1) is 18.3. The normalized spacial score (nSPS) is 24.8. The molecule has 3 aliphatic rings. The quantitative estimate of drug-likeness (QED) is 0.219. The molecule has 6 rings (SSSR count). The lowest BCUT2D eigenvalue weighted by Gasteiger charge is -2.22. The summed E-state index contributed by atoms with van der Waals surface area (Å²) in [5.41, 5.74) is 1.96. The standard InChI is InChI=1S/C31H28N2O5/c1-18-7-5-11-24-28(18)30(36)33(29(24)35)25-14-13-22(15-19(25)2)38-31(37)21-16-27(34)32(17-21)26-12-6-9-20-8-3-4-10-23(20)26/h3-10,12-15,18,21,24,28H,11,16-17H2,1-2H3/t18-,21-,24-,28+/m1/s1. The molecule has 0 aromatic heterocycles. The molecule has 3 aromatic carbocycles. The highest BCUT2D eigenvalue weighted by Crippen LogP contribution is 2.42. The lowest BCUT2D eigenvalue weighted by atomic mass is 9.78. The number of nitrogens with zero attached hydrogens (tertiary/aromatic N) is 2. The van der Waals surface area contributed by atoms with Crippen molar-refractivity contribution in [3.63, 3.8) is 0 Å². The molecule has 7 heteroatoms. The molecule has 0 N–H and O–H groups in total. The molecule has 0 bridgehead atoms. The molecule has 0 spiro atoms. The predicted molar refractivity (Wildman–Crippen MR) is 144 cm³/mol. The smallest absolute Gasteiger partial charge is 0.316 e. The summed E-state index contributed by atoms with van der Waals surface area (Å²) in [5.74, 6) is -1.89. The lowest BCUT2D eigenvalue weighted by molar-refractivity contribution is -0.139. The summed E-state index contributed by atoms with van der Waals surface area (Å²) in [6, 6.07) is 18.6. The molecule has 2 aliphatic heterocycles. The first-order valence-electron chi connectivity index (χ1n) is 13.0. The van der Waals surface area contributed by atoms with Crippen LogP contribution in [0.15, 0.2) is 72.8 Å². The predicted octanol–water partition coefficient (Wildman–Crippen LogP) is 4.81. The molecule has 4 atom stereocenters. The number of ether oxygens (including phenoxy) is 1. The van der Waals surface area contributed by atoms with Crippen molar-refractivity contribution < 1.29 is 23.9 Å². The van der Waals surface area contributed by atoms with Crippen molar-refractivity contribution in [3.05, 3.63) is 78.4 Å². The van der Waals surface area contributed by atoms with E-state index in [0.717, 1.165) is 16.5 Å². The number of amides is 3. The highest BCUT2D eigenvalue weighted by molar-refractivity contribution is 6.22. The van der Waals surface area contributed by atoms with Crippen LogP contribution in [0.3, 0.4) is 0 Å². The van der Waals surface area contributed by atoms with E-state index in [1.54, 1.807) is 30.0 Å². The van der Waals surface area contributed by atoms with Gasteiger partial charge < -0.3 is 9.64 Å². The summed E-state index contributed by atoms with van der Waals surface area (Å²) in [4.78, 5) is 55.1. The van der Waals surface area contributed by atoms with E-state index in [4.69, 9.17) is 4.74 Å². The largest absolute Gasteiger partial charge is 0.426 e. The fraction of sp³-hybridized carbons (Fsp3) is 0.290. The van der Waals surface area contributed by atoms with Crippen molar-refractivity contribution >= 4 is 45.8 Å². The summed E-state index contributed by atoms with van der Waals surface area (Å²) in [6.07, 6.45) is 4.62. The minimum atomic E-state index is -0.597. The van der Waals surface area contributed by atoms with Gasteiger partial charge in [0, 0.05) is 18.4 Å². The number of benzene rings is 3. The second-order valence-electron chi connectivity index (χ2n) is 10.4. The van der Waals surface area contributed by atoms with Gasteiger partial charge in [0.05, 0.1) is 29.1 Å². The first kappa shape index (κ1) is 24.1. The van der Waals surface area contributed by atoms with Crippen molar-refractivity contribution in [2.24, 2.45) is 23.7 Å². The van der Waals surface area contributed by atoms with Gasteiger partial charge in [0.2, 0.25) is 17.7 Å². The summed E-state index contributed by atoms with van der Waals surface area (Å²) < 4.78 is 5.67. The Hall–Kier alpha value is -4.26. The molecule has 38 heavy (non-hydrogen) atoms. The van der Waals surface area contributed by atoms with Gasteiger partial charge in [-0.2, -0.15) is 0 Å². The first-order valence-corrected chi connectivity index (χ1v) is 13.0. The molecule has 0 radical (unpaired) electrons. The Morgan fingerprint density at radius 2 is 1.74 bits per heavy atom. The Kier molecular flexibility index (Phi) is 5.86. The van der Waals surface area contributed by atoms with Crippen LogP contribution in [0, 0.1) is 30.6 Å². The number of carbonyl (C=O) groups is 4. The van der Waals surface area contributed by atoms with Crippen LogP contribution >= 0.6 is 0 Å². The van der Waals surface area contributed by atoms with Crippen molar-refractivity contribution in [1.29, 1.82) is 0 Å². The number of allylic oxidation sites excluding steroid dienone is 2. The molecule has 2 heterocycles. The number of carbonyl (C=O) groups excluding carboxylic acids is 4. The number of hydrogen-bond donors (Lipinski definition) is 0. The summed E-state index contributed by atoms with van der Waals surface area (Å²) in [6.45, 7) is 4.00. The maximum atomic E-state index is 13.2. The van der Waals surface area contributed by atoms with Gasteiger partial charge >= 0.3 is 5.97 Å². The average Bonchev–Trinajstić information content (AvgIpc) is 3.42. The molecule has 3 aromatic rings. The van der Waals surface area contributed by atoms with E-state index in [0.29, 0.717) is 23.4 Å². The number of anilines is 2. The molecule has 7 nitrogen and oxygen atoms in total. The van der Waals surface area contributed by atoms with Crippen molar-refractivity contribution in [3.8, 4) is 5.75 Å². The van der Waals surface area contributed by atoms with Crippen LogP contribution in [0.4, 0.5) is 11.4 Å².